The van der Waals surface area contributed by atoms with Crippen molar-refractivity contribution in [1.82, 2.24) is 19.7 Å². The highest BCUT2D eigenvalue weighted by atomic mass is 16.2. The van der Waals surface area contributed by atoms with Crippen LogP contribution in [0, 0.1) is 13.8 Å². The van der Waals surface area contributed by atoms with Crippen LogP contribution in [0.4, 0.5) is 0 Å². The summed E-state index contributed by atoms with van der Waals surface area (Å²) in [7, 11) is 1.93. The van der Waals surface area contributed by atoms with E-state index < -0.39 is 0 Å². The number of aromatic nitrogens is 3. The summed E-state index contributed by atoms with van der Waals surface area (Å²) in [6.07, 6.45) is 3.96. The van der Waals surface area contributed by atoms with Gasteiger partial charge in [0.15, 0.2) is 0 Å². The van der Waals surface area contributed by atoms with Crippen molar-refractivity contribution in [2.75, 3.05) is 0 Å². The molecule has 24 heavy (non-hydrogen) atoms. The van der Waals surface area contributed by atoms with Crippen LogP contribution in [0.3, 0.4) is 0 Å². The molecule has 1 aliphatic rings. The quantitative estimate of drug-likeness (QED) is 0.847. The molecular formula is C19H26N4O. The lowest BCUT2D eigenvalue weighted by Crippen LogP contribution is -2.38. The zero-order chi connectivity index (χ0) is 17.4. The standard InChI is InChI=1S/C19H26N4O/c1-12(18-13(2)21-22(5)15(18)4)19(24)23(16-9-10-16)14(3)17-8-6-7-11-20-17/h6-8,11-12,14,16H,9-10H2,1-5H3/t12-,14-/m1/s1. The monoisotopic (exact) mass is 326 g/mol. The van der Waals surface area contributed by atoms with E-state index in [4.69, 9.17) is 0 Å². The maximum atomic E-state index is 13.3. The third-order valence-corrected chi connectivity index (χ3v) is 5.10. The highest BCUT2D eigenvalue weighted by molar-refractivity contribution is 5.84. The third-order valence-electron chi connectivity index (χ3n) is 5.10. The van der Waals surface area contributed by atoms with Gasteiger partial charge in [0, 0.05) is 30.5 Å². The minimum Gasteiger partial charge on any atom is -0.331 e. The van der Waals surface area contributed by atoms with Gasteiger partial charge < -0.3 is 4.90 Å². The summed E-state index contributed by atoms with van der Waals surface area (Å²) in [6.45, 7) is 8.09. The van der Waals surface area contributed by atoms with E-state index in [1.807, 2.05) is 55.6 Å². The molecule has 3 rings (SSSR count). The first-order valence-electron chi connectivity index (χ1n) is 8.65. The molecule has 1 aliphatic carbocycles. The van der Waals surface area contributed by atoms with Gasteiger partial charge in [0.1, 0.15) is 0 Å². The number of nitrogens with zero attached hydrogens (tertiary/aromatic N) is 4. The number of pyridine rings is 1. The summed E-state index contributed by atoms with van der Waals surface area (Å²) in [5.41, 5.74) is 4.01. The summed E-state index contributed by atoms with van der Waals surface area (Å²) in [5, 5.41) is 4.47. The molecule has 128 valence electrons. The predicted octanol–water partition coefficient (Wildman–Crippen LogP) is 3.29. The van der Waals surface area contributed by atoms with Crippen LogP contribution in [0.15, 0.2) is 24.4 Å². The fraction of sp³-hybridized carbons (Fsp3) is 0.526. The molecule has 2 aromatic rings. The Hall–Kier alpha value is -2.17. The second kappa shape index (κ2) is 6.38. The molecule has 5 nitrogen and oxygen atoms in total. The van der Waals surface area contributed by atoms with Crippen molar-refractivity contribution in [2.45, 2.75) is 58.5 Å². The Balaban J connectivity index is 1.90. The molecule has 2 atom stereocenters. The average molecular weight is 326 g/mol. The number of hydrogen-bond acceptors (Lipinski definition) is 3. The van der Waals surface area contributed by atoms with Gasteiger partial charge in [0.2, 0.25) is 5.91 Å². The zero-order valence-electron chi connectivity index (χ0n) is 15.2. The number of amides is 1. The van der Waals surface area contributed by atoms with E-state index in [2.05, 4.69) is 17.0 Å². The van der Waals surface area contributed by atoms with Crippen LogP contribution in [0.1, 0.15) is 61.3 Å². The molecule has 1 saturated carbocycles. The maximum Gasteiger partial charge on any atom is 0.230 e. The minimum atomic E-state index is -0.189. The number of carbonyl (C=O) groups is 1. The van der Waals surface area contributed by atoms with Crippen LogP contribution in [0.2, 0.25) is 0 Å². The molecular weight excluding hydrogens is 300 g/mol. The van der Waals surface area contributed by atoms with Crippen molar-refractivity contribution in [3.63, 3.8) is 0 Å². The van der Waals surface area contributed by atoms with E-state index in [1.165, 1.54) is 0 Å². The van der Waals surface area contributed by atoms with Crippen LogP contribution in [0.5, 0.6) is 0 Å². The van der Waals surface area contributed by atoms with Crippen LogP contribution >= 0.6 is 0 Å². The van der Waals surface area contributed by atoms with E-state index in [9.17, 15) is 4.79 Å². The lowest BCUT2D eigenvalue weighted by Gasteiger charge is -2.31. The number of carbonyl (C=O) groups excluding carboxylic acids is 1. The predicted molar refractivity (Wildman–Crippen MR) is 93.6 cm³/mol. The number of rotatable bonds is 5. The van der Waals surface area contributed by atoms with Crippen LogP contribution in [-0.4, -0.2) is 31.6 Å². The molecule has 1 amide bonds. The lowest BCUT2D eigenvalue weighted by molar-refractivity contribution is -0.135. The average Bonchev–Trinajstić information content (AvgIpc) is 3.36. The second-order valence-corrected chi connectivity index (χ2v) is 6.84. The normalized spacial score (nSPS) is 16.7. The highest BCUT2D eigenvalue weighted by Gasteiger charge is 2.39. The smallest absolute Gasteiger partial charge is 0.230 e. The summed E-state index contributed by atoms with van der Waals surface area (Å²) < 4.78 is 1.86. The van der Waals surface area contributed by atoms with Crippen molar-refractivity contribution >= 4 is 5.91 Å². The Morgan fingerprint density at radius 3 is 2.50 bits per heavy atom. The van der Waals surface area contributed by atoms with Crippen molar-refractivity contribution < 1.29 is 4.79 Å². The van der Waals surface area contributed by atoms with Gasteiger partial charge in [0.05, 0.1) is 23.3 Å². The molecule has 2 heterocycles. The lowest BCUT2D eigenvalue weighted by atomic mass is 9.96. The third kappa shape index (κ3) is 2.95. The van der Waals surface area contributed by atoms with Gasteiger partial charge in [-0.3, -0.25) is 14.5 Å². The van der Waals surface area contributed by atoms with Crippen LogP contribution < -0.4 is 0 Å². The van der Waals surface area contributed by atoms with Crippen LogP contribution in [0.25, 0.3) is 0 Å². The van der Waals surface area contributed by atoms with E-state index in [0.717, 1.165) is 35.5 Å². The second-order valence-electron chi connectivity index (χ2n) is 6.84. The summed E-state index contributed by atoms with van der Waals surface area (Å²) >= 11 is 0. The van der Waals surface area contributed by atoms with Crippen molar-refractivity contribution in [2.24, 2.45) is 7.05 Å². The van der Waals surface area contributed by atoms with E-state index in [0.29, 0.717) is 6.04 Å². The topological polar surface area (TPSA) is 51.0 Å². The molecule has 0 radical (unpaired) electrons. The molecule has 0 unspecified atom stereocenters. The van der Waals surface area contributed by atoms with Crippen LogP contribution in [-0.2, 0) is 11.8 Å². The Morgan fingerprint density at radius 1 is 1.29 bits per heavy atom. The Kier molecular flexibility index (Phi) is 4.43. The molecule has 0 N–H and O–H groups in total. The highest BCUT2D eigenvalue weighted by Crippen LogP contribution is 2.37. The van der Waals surface area contributed by atoms with Gasteiger partial charge >= 0.3 is 0 Å². The number of aryl methyl sites for hydroxylation is 2. The Labute approximate surface area is 143 Å². The van der Waals surface area contributed by atoms with E-state index in [-0.39, 0.29) is 17.9 Å². The Morgan fingerprint density at radius 2 is 2.00 bits per heavy atom. The largest absolute Gasteiger partial charge is 0.331 e. The maximum absolute atomic E-state index is 13.3. The summed E-state index contributed by atoms with van der Waals surface area (Å²) in [6, 6.07) is 6.22. The van der Waals surface area contributed by atoms with Crippen molar-refractivity contribution in [3.8, 4) is 0 Å². The molecule has 2 aromatic heterocycles. The fourth-order valence-electron chi connectivity index (χ4n) is 3.57. The molecule has 0 saturated heterocycles. The molecule has 0 aromatic carbocycles. The first kappa shape index (κ1) is 16.7. The Bertz CT molecular complexity index is 733. The summed E-state index contributed by atoms with van der Waals surface area (Å²) in [4.78, 5) is 19.8. The summed E-state index contributed by atoms with van der Waals surface area (Å²) in [5.74, 6) is -0.0136. The van der Waals surface area contributed by atoms with Gasteiger partial charge in [0.25, 0.3) is 0 Å². The SMILES string of the molecule is Cc1nn(C)c(C)c1[C@@H](C)C(=O)N(C1CC1)[C@H](C)c1ccccn1. The fourth-order valence-corrected chi connectivity index (χ4v) is 3.57. The van der Waals surface area contributed by atoms with Gasteiger partial charge in [-0.2, -0.15) is 5.10 Å². The van der Waals surface area contributed by atoms with Gasteiger partial charge in [-0.05, 0) is 52.7 Å². The molecule has 0 aliphatic heterocycles. The van der Waals surface area contributed by atoms with E-state index in [1.54, 1.807) is 6.20 Å². The molecule has 1 fully saturated rings. The van der Waals surface area contributed by atoms with Gasteiger partial charge in [-0.25, -0.2) is 0 Å². The first-order valence-corrected chi connectivity index (χ1v) is 8.65. The minimum absolute atomic E-state index is 0.00839. The number of hydrogen-bond donors (Lipinski definition) is 0. The van der Waals surface area contributed by atoms with Crippen molar-refractivity contribution in [1.29, 1.82) is 0 Å². The zero-order valence-corrected chi connectivity index (χ0v) is 15.2. The van der Waals surface area contributed by atoms with Gasteiger partial charge in [-0.1, -0.05) is 6.07 Å². The van der Waals surface area contributed by atoms with Gasteiger partial charge in [-0.15, -0.1) is 0 Å². The first-order chi connectivity index (χ1) is 11.4. The molecule has 0 bridgehead atoms. The molecule has 5 heteroatoms. The van der Waals surface area contributed by atoms with Crippen molar-refractivity contribution in [3.05, 3.63) is 47.0 Å². The van der Waals surface area contributed by atoms with E-state index >= 15 is 0 Å². The molecule has 0 spiro atoms.